The zero-order valence-electron chi connectivity index (χ0n) is 17.1. The van der Waals surface area contributed by atoms with Crippen LogP contribution in [-0.2, 0) is 19.6 Å². The second-order valence-corrected chi connectivity index (χ2v) is 10.0. The molecule has 1 saturated carbocycles. The highest BCUT2D eigenvalue weighted by Gasteiger charge is 2.33. The molecule has 1 aromatic rings. The lowest BCUT2D eigenvalue weighted by Crippen LogP contribution is -2.46. The van der Waals surface area contributed by atoms with E-state index in [4.69, 9.17) is 0 Å². The molecule has 9 heteroatoms. The van der Waals surface area contributed by atoms with Crippen molar-refractivity contribution >= 4 is 21.8 Å². The number of benzene rings is 1. The van der Waals surface area contributed by atoms with E-state index in [2.05, 4.69) is 10.6 Å². The predicted molar refractivity (Wildman–Crippen MR) is 110 cm³/mol. The van der Waals surface area contributed by atoms with Gasteiger partial charge in [0.1, 0.15) is 5.82 Å². The summed E-state index contributed by atoms with van der Waals surface area (Å²) in [4.78, 5) is 24.7. The number of sulfonamides is 1. The van der Waals surface area contributed by atoms with Crippen LogP contribution in [0.1, 0.15) is 44.9 Å². The molecule has 0 spiro atoms. The molecule has 2 fully saturated rings. The topological polar surface area (TPSA) is 95.6 Å². The SMILES string of the molecule is O=C(NCCNC(=O)C1CCCN(S(=O)(=O)c2ccc(F)cc2)C1)C1CCCCC1. The molecule has 2 N–H and O–H groups in total. The Labute approximate surface area is 177 Å². The molecule has 30 heavy (non-hydrogen) atoms. The fourth-order valence-electron chi connectivity index (χ4n) is 4.16. The minimum Gasteiger partial charge on any atom is -0.354 e. The highest BCUT2D eigenvalue weighted by Crippen LogP contribution is 2.25. The van der Waals surface area contributed by atoms with Gasteiger partial charge in [-0.2, -0.15) is 4.31 Å². The number of carbonyl (C=O) groups is 2. The van der Waals surface area contributed by atoms with Crippen LogP contribution in [0.3, 0.4) is 0 Å². The monoisotopic (exact) mass is 439 g/mol. The van der Waals surface area contributed by atoms with Crippen LogP contribution in [0.25, 0.3) is 0 Å². The quantitative estimate of drug-likeness (QED) is 0.636. The molecule has 1 heterocycles. The van der Waals surface area contributed by atoms with E-state index < -0.39 is 21.8 Å². The van der Waals surface area contributed by atoms with Crippen molar-refractivity contribution in [3.63, 3.8) is 0 Å². The molecular weight excluding hydrogens is 409 g/mol. The summed E-state index contributed by atoms with van der Waals surface area (Å²) in [6.07, 6.45) is 6.42. The molecule has 0 bridgehead atoms. The average molecular weight is 440 g/mol. The summed E-state index contributed by atoms with van der Waals surface area (Å²) in [6, 6.07) is 4.71. The molecule has 7 nitrogen and oxygen atoms in total. The van der Waals surface area contributed by atoms with Crippen molar-refractivity contribution in [2.45, 2.75) is 49.8 Å². The molecule has 3 rings (SSSR count). The maximum atomic E-state index is 13.1. The third-order valence-electron chi connectivity index (χ3n) is 5.91. The molecule has 1 atom stereocenters. The van der Waals surface area contributed by atoms with Crippen LogP contribution in [0.4, 0.5) is 4.39 Å². The van der Waals surface area contributed by atoms with Gasteiger partial charge in [0.05, 0.1) is 10.8 Å². The van der Waals surface area contributed by atoms with Crippen LogP contribution in [0, 0.1) is 17.7 Å². The third kappa shape index (κ3) is 5.78. The minimum absolute atomic E-state index is 0.0235. The Balaban J connectivity index is 1.46. The number of hydrogen-bond donors (Lipinski definition) is 2. The molecule has 1 aromatic carbocycles. The fourth-order valence-corrected chi connectivity index (χ4v) is 5.68. The van der Waals surface area contributed by atoms with Gasteiger partial charge in [0, 0.05) is 32.1 Å². The second-order valence-electron chi connectivity index (χ2n) is 8.07. The zero-order valence-corrected chi connectivity index (χ0v) is 17.9. The normalized spacial score (nSPS) is 21.2. The van der Waals surface area contributed by atoms with Gasteiger partial charge >= 0.3 is 0 Å². The Kier molecular flexibility index (Phi) is 7.82. The van der Waals surface area contributed by atoms with E-state index in [1.165, 1.54) is 22.9 Å². The van der Waals surface area contributed by atoms with E-state index in [1.807, 2.05) is 0 Å². The molecule has 0 radical (unpaired) electrons. The van der Waals surface area contributed by atoms with Crippen LogP contribution >= 0.6 is 0 Å². The van der Waals surface area contributed by atoms with Gasteiger partial charge in [-0.05, 0) is 49.9 Å². The number of carbonyl (C=O) groups excluding carboxylic acids is 2. The number of nitrogens with zero attached hydrogens (tertiary/aromatic N) is 1. The van der Waals surface area contributed by atoms with Gasteiger partial charge in [0.15, 0.2) is 0 Å². The number of nitrogens with one attached hydrogen (secondary N) is 2. The van der Waals surface area contributed by atoms with Gasteiger partial charge in [-0.3, -0.25) is 9.59 Å². The smallest absolute Gasteiger partial charge is 0.243 e. The largest absolute Gasteiger partial charge is 0.354 e. The van der Waals surface area contributed by atoms with Gasteiger partial charge < -0.3 is 10.6 Å². The van der Waals surface area contributed by atoms with Crippen LogP contribution in [0.2, 0.25) is 0 Å². The van der Waals surface area contributed by atoms with Gasteiger partial charge in [-0.15, -0.1) is 0 Å². The summed E-state index contributed by atoms with van der Waals surface area (Å²) in [5.74, 6) is -1.01. The Bertz CT molecular complexity index is 838. The molecule has 0 aromatic heterocycles. The summed E-state index contributed by atoms with van der Waals surface area (Å²) < 4.78 is 39.9. The first kappa shape index (κ1) is 22.7. The first-order valence-corrected chi connectivity index (χ1v) is 12.1. The molecule has 1 saturated heterocycles. The zero-order chi connectivity index (χ0) is 21.6. The first-order valence-electron chi connectivity index (χ1n) is 10.7. The molecule has 2 amide bonds. The second kappa shape index (κ2) is 10.3. The van der Waals surface area contributed by atoms with Gasteiger partial charge in [0.2, 0.25) is 21.8 Å². The highest BCUT2D eigenvalue weighted by atomic mass is 32.2. The Hall–Kier alpha value is -2.00. The van der Waals surface area contributed by atoms with Gasteiger partial charge in [-0.25, -0.2) is 12.8 Å². The number of hydrogen-bond acceptors (Lipinski definition) is 4. The molecule has 2 aliphatic rings. The summed E-state index contributed by atoms with van der Waals surface area (Å²) >= 11 is 0. The van der Waals surface area contributed by atoms with E-state index in [-0.39, 0.29) is 29.2 Å². The van der Waals surface area contributed by atoms with E-state index in [0.717, 1.165) is 37.8 Å². The number of amides is 2. The minimum atomic E-state index is -3.76. The maximum absolute atomic E-state index is 13.1. The van der Waals surface area contributed by atoms with E-state index >= 15 is 0 Å². The Morgan fingerprint density at radius 2 is 1.47 bits per heavy atom. The van der Waals surface area contributed by atoms with Crippen molar-refractivity contribution in [1.29, 1.82) is 0 Å². The van der Waals surface area contributed by atoms with Gasteiger partial charge in [-0.1, -0.05) is 19.3 Å². The Morgan fingerprint density at radius 3 is 2.10 bits per heavy atom. The summed E-state index contributed by atoms with van der Waals surface area (Å²) in [6.45, 7) is 1.12. The lowest BCUT2D eigenvalue weighted by molar-refractivity contribution is -0.127. The van der Waals surface area contributed by atoms with Crippen LogP contribution in [0.5, 0.6) is 0 Å². The first-order chi connectivity index (χ1) is 14.4. The molecule has 1 unspecified atom stereocenters. The van der Waals surface area contributed by atoms with Crippen LogP contribution in [-0.4, -0.2) is 50.7 Å². The van der Waals surface area contributed by atoms with Crippen molar-refractivity contribution < 1.29 is 22.4 Å². The van der Waals surface area contributed by atoms with E-state index in [1.54, 1.807) is 0 Å². The van der Waals surface area contributed by atoms with E-state index in [9.17, 15) is 22.4 Å². The summed E-state index contributed by atoms with van der Waals surface area (Å²) in [5.41, 5.74) is 0. The standard InChI is InChI=1S/C21H30FN3O4S/c22-18-8-10-19(11-9-18)30(28,29)25-14-4-7-17(15-25)21(27)24-13-12-23-20(26)16-5-2-1-3-6-16/h8-11,16-17H,1-7,12-15H2,(H,23,26)(H,24,27). The highest BCUT2D eigenvalue weighted by molar-refractivity contribution is 7.89. The van der Waals surface area contributed by atoms with Crippen molar-refractivity contribution in [1.82, 2.24) is 14.9 Å². The van der Waals surface area contributed by atoms with Gasteiger partial charge in [0.25, 0.3) is 0 Å². The van der Waals surface area contributed by atoms with Crippen molar-refractivity contribution in [3.8, 4) is 0 Å². The number of piperidine rings is 1. The van der Waals surface area contributed by atoms with Crippen molar-refractivity contribution in [3.05, 3.63) is 30.1 Å². The fraction of sp³-hybridized carbons (Fsp3) is 0.619. The van der Waals surface area contributed by atoms with Crippen molar-refractivity contribution in [2.24, 2.45) is 11.8 Å². The predicted octanol–water partition coefficient (Wildman–Crippen LogP) is 2.04. The summed E-state index contributed by atoms with van der Waals surface area (Å²) in [5, 5.41) is 5.68. The Morgan fingerprint density at radius 1 is 0.900 bits per heavy atom. The lowest BCUT2D eigenvalue weighted by Gasteiger charge is -2.31. The van der Waals surface area contributed by atoms with Crippen LogP contribution in [0.15, 0.2) is 29.2 Å². The molecule has 1 aliphatic carbocycles. The molecule has 166 valence electrons. The summed E-state index contributed by atoms with van der Waals surface area (Å²) in [7, 11) is -3.76. The third-order valence-corrected chi connectivity index (χ3v) is 7.79. The molecular formula is C21H30FN3O4S. The number of rotatable bonds is 7. The van der Waals surface area contributed by atoms with Crippen LogP contribution < -0.4 is 10.6 Å². The van der Waals surface area contributed by atoms with E-state index in [0.29, 0.717) is 32.5 Å². The maximum Gasteiger partial charge on any atom is 0.243 e. The molecule has 1 aliphatic heterocycles. The lowest BCUT2D eigenvalue weighted by atomic mass is 9.89. The average Bonchev–Trinajstić information content (AvgIpc) is 2.77. The number of halogens is 1. The van der Waals surface area contributed by atoms with Crippen molar-refractivity contribution in [2.75, 3.05) is 26.2 Å².